The lowest BCUT2D eigenvalue weighted by molar-refractivity contribution is -0.170. The number of carbonyl (C=O) groups is 2. The third-order valence-electron chi connectivity index (χ3n) is 3.81. The number of rotatable bonds is 7. The lowest BCUT2D eigenvalue weighted by atomic mass is 9.70. The first-order valence-electron chi connectivity index (χ1n) is 7.04. The Labute approximate surface area is 125 Å². The van der Waals surface area contributed by atoms with E-state index in [2.05, 4.69) is 6.58 Å². The molecule has 0 aliphatic heterocycles. The van der Waals surface area contributed by atoms with Gasteiger partial charge in [0.05, 0.1) is 6.61 Å². The van der Waals surface area contributed by atoms with Crippen LogP contribution < -0.4 is 0 Å². The molecule has 0 saturated carbocycles. The van der Waals surface area contributed by atoms with E-state index in [1.807, 2.05) is 37.3 Å². The molecule has 0 spiro atoms. The van der Waals surface area contributed by atoms with Crippen LogP contribution in [-0.2, 0) is 14.3 Å². The zero-order valence-electron chi connectivity index (χ0n) is 12.8. The lowest BCUT2D eigenvalue weighted by Crippen LogP contribution is -2.44. The second kappa shape index (κ2) is 7.07. The number of aliphatic carboxylic acids is 1. The first-order valence-corrected chi connectivity index (χ1v) is 7.04. The van der Waals surface area contributed by atoms with Gasteiger partial charge in [0.25, 0.3) is 0 Å². The number of esters is 1. The van der Waals surface area contributed by atoms with Crippen LogP contribution in [0.4, 0.5) is 0 Å². The molecule has 2 unspecified atom stereocenters. The summed E-state index contributed by atoms with van der Waals surface area (Å²) < 4.78 is 4.98. The van der Waals surface area contributed by atoms with Gasteiger partial charge in [-0.05, 0) is 31.4 Å². The summed E-state index contributed by atoms with van der Waals surface area (Å²) >= 11 is 0. The summed E-state index contributed by atoms with van der Waals surface area (Å²) in [7, 11) is 0. The van der Waals surface area contributed by atoms with Crippen LogP contribution in [0.3, 0.4) is 0 Å². The van der Waals surface area contributed by atoms with Crippen molar-refractivity contribution in [2.75, 3.05) is 6.61 Å². The number of hydrogen-bond donors (Lipinski definition) is 1. The van der Waals surface area contributed by atoms with Crippen molar-refractivity contribution in [1.82, 2.24) is 0 Å². The Hall–Kier alpha value is -2.10. The standard InChI is InChI=1S/C17H22O4/c1-5-14(12(3)13-10-8-7-9-11-13)17(4,15(18)19)16(20)21-6-2/h7-11,14H,3,5-6H2,1-2,4H3,(H,18,19). The predicted molar refractivity (Wildman–Crippen MR) is 81.6 cm³/mol. The fraction of sp³-hybridized carbons (Fsp3) is 0.412. The Morgan fingerprint density at radius 1 is 1.29 bits per heavy atom. The Kier molecular flexibility index (Phi) is 5.70. The summed E-state index contributed by atoms with van der Waals surface area (Å²) in [6, 6.07) is 9.31. The molecule has 114 valence electrons. The number of carboxylic acid groups (broad SMARTS) is 1. The third-order valence-corrected chi connectivity index (χ3v) is 3.81. The molecule has 0 bridgehead atoms. The Bertz CT molecular complexity index is 521. The third kappa shape index (κ3) is 3.32. The molecular weight excluding hydrogens is 268 g/mol. The average Bonchev–Trinajstić information content (AvgIpc) is 2.48. The van der Waals surface area contributed by atoms with Gasteiger partial charge >= 0.3 is 11.9 Å². The first-order chi connectivity index (χ1) is 9.89. The van der Waals surface area contributed by atoms with Crippen LogP contribution in [0.1, 0.15) is 32.8 Å². The van der Waals surface area contributed by atoms with Crippen LogP contribution in [0.15, 0.2) is 36.9 Å². The molecule has 2 atom stereocenters. The van der Waals surface area contributed by atoms with Crippen LogP contribution >= 0.6 is 0 Å². The van der Waals surface area contributed by atoms with E-state index in [4.69, 9.17) is 4.74 Å². The van der Waals surface area contributed by atoms with E-state index in [-0.39, 0.29) is 6.61 Å². The summed E-state index contributed by atoms with van der Waals surface area (Å²) in [6.07, 6.45) is 0.481. The first kappa shape index (κ1) is 17.0. The summed E-state index contributed by atoms with van der Waals surface area (Å²) in [5.41, 5.74) is -0.172. The summed E-state index contributed by atoms with van der Waals surface area (Å²) in [5, 5.41) is 9.58. The highest BCUT2D eigenvalue weighted by molar-refractivity contribution is 6.01. The van der Waals surface area contributed by atoms with Gasteiger partial charge in [-0.1, -0.05) is 43.8 Å². The summed E-state index contributed by atoms with van der Waals surface area (Å²) in [6.45, 7) is 9.08. The number of carbonyl (C=O) groups excluding carboxylic acids is 1. The van der Waals surface area contributed by atoms with E-state index in [0.717, 1.165) is 5.56 Å². The van der Waals surface area contributed by atoms with E-state index >= 15 is 0 Å². The van der Waals surface area contributed by atoms with Crippen molar-refractivity contribution in [3.05, 3.63) is 42.5 Å². The molecule has 21 heavy (non-hydrogen) atoms. The smallest absolute Gasteiger partial charge is 0.323 e. The van der Waals surface area contributed by atoms with E-state index in [1.54, 1.807) is 6.92 Å². The van der Waals surface area contributed by atoms with Crippen molar-refractivity contribution in [3.8, 4) is 0 Å². The van der Waals surface area contributed by atoms with E-state index in [1.165, 1.54) is 6.92 Å². The molecule has 1 aromatic carbocycles. The zero-order valence-corrected chi connectivity index (χ0v) is 12.8. The van der Waals surface area contributed by atoms with E-state index < -0.39 is 23.3 Å². The van der Waals surface area contributed by atoms with Gasteiger partial charge in [-0.3, -0.25) is 9.59 Å². The Balaban J connectivity index is 3.23. The predicted octanol–water partition coefficient (Wildman–Crippen LogP) is 3.38. The quantitative estimate of drug-likeness (QED) is 0.617. The van der Waals surface area contributed by atoms with Gasteiger partial charge in [0.15, 0.2) is 5.41 Å². The molecule has 4 heteroatoms. The Morgan fingerprint density at radius 3 is 2.29 bits per heavy atom. The van der Waals surface area contributed by atoms with E-state index in [9.17, 15) is 14.7 Å². The van der Waals surface area contributed by atoms with Gasteiger partial charge in [-0.25, -0.2) is 0 Å². The molecule has 1 aromatic rings. The Morgan fingerprint density at radius 2 is 1.86 bits per heavy atom. The summed E-state index contributed by atoms with van der Waals surface area (Å²) in [4.78, 5) is 23.9. The number of hydrogen-bond acceptors (Lipinski definition) is 3. The van der Waals surface area contributed by atoms with Crippen LogP contribution in [0, 0.1) is 11.3 Å². The molecule has 0 radical (unpaired) electrons. The molecule has 0 fully saturated rings. The molecule has 0 amide bonds. The molecule has 0 aliphatic rings. The van der Waals surface area contributed by atoms with Crippen molar-refractivity contribution >= 4 is 17.5 Å². The molecular formula is C17H22O4. The van der Waals surface area contributed by atoms with Gasteiger partial charge in [-0.15, -0.1) is 0 Å². The number of carboxylic acids is 1. The van der Waals surface area contributed by atoms with Crippen LogP contribution in [0.25, 0.3) is 5.57 Å². The normalized spacial score (nSPS) is 14.8. The van der Waals surface area contributed by atoms with Crippen molar-refractivity contribution in [2.45, 2.75) is 27.2 Å². The number of ether oxygens (including phenoxy) is 1. The van der Waals surface area contributed by atoms with Crippen molar-refractivity contribution in [1.29, 1.82) is 0 Å². The molecule has 0 saturated heterocycles. The number of allylic oxidation sites excluding steroid dienone is 1. The monoisotopic (exact) mass is 290 g/mol. The zero-order chi connectivity index (χ0) is 16.0. The molecule has 4 nitrogen and oxygen atoms in total. The highest BCUT2D eigenvalue weighted by Gasteiger charge is 2.50. The van der Waals surface area contributed by atoms with Crippen molar-refractivity contribution < 1.29 is 19.4 Å². The maximum absolute atomic E-state index is 12.2. The maximum Gasteiger partial charge on any atom is 0.323 e. The average molecular weight is 290 g/mol. The summed E-state index contributed by atoms with van der Waals surface area (Å²) in [5.74, 6) is -2.44. The van der Waals surface area contributed by atoms with Crippen LogP contribution in [-0.4, -0.2) is 23.7 Å². The minimum absolute atomic E-state index is 0.149. The fourth-order valence-corrected chi connectivity index (χ4v) is 2.52. The molecule has 0 heterocycles. The van der Waals surface area contributed by atoms with Crippen LogP contribution in [0.2, 0.25) is 0 Å². The van der Waals surface area contributed by atoms with E-state index in [0.29, 0.717) is 12.0 Å². The highest BCUT2D eigenvalue weighted by Crippen LogP contribution is 2.40. The number of benzene rings is 1. The van der Waals surface area contributed by atoms with Crippen molar-refractivity contribution in [3.63, 3.8) is 0 Å². The van der Waals surface area contributed by atoms with Gasteiger partial charge in [0, 0.05) is 5.92 Å². The van der Waals surface area contributed by atoms with Crippen LogP contribution in [0.5, 0.6) is 0 Å². The van der Waals surface area contributed by atoms with Crippen molar-refractivity contribution in [2.24, 2.45) is 11.3 Å². The molecule has 0 aromatic heterocycles. The van der Waals surface area contributed by atoms with Gasteiger partial charge < -0.3 is 9.84 Å². The second-order valence-electron chi connectivity index (χ2n) is 5.08. The fourth-order valence-electron chi connectivity index (χ4n) is 2.52. The second-order valence-corrected chi connectivity index (χ2v) is 5.08. The SMILES string of the molecule is C=C(c1ccccc1)C(CC)C(C)(C(=O)O)C(=O)OCC. The minimum Gasteiger partial charge on any atom is -0.480 e. The lowest BCUT2D eigenvalue weighted by Gasteiger charge is -2.32. The van der Waals surface area contributed by atoms with Gasteiger partial charge in [0.1, 0.15) is 0 Å². The molecule has 0 aliphatic carbocycles. The largest absolute Gasteiger partial charge is 0.480 e. The van der Waals surface area contributed by atoms with Gasteiger partial charge in [-0.2, -0.15) is 0 Å². The molecule has 1 N–H and O–H groups in total. The minimum atomic E-state index is -1.64. The highest BCUT2D eigenvalue weighted by atomic mass is 16.5. The topological polar surface area (TPSA) is 63.6 Å². The maximum atomic E-state index is 12.2. The van der Waals surface area contributed by atoms with Gasteiger partial charge in [0.2, 0.25) is 0 Å². The molecule has 1 rings (SSSR count).